The van der Waals surface area contributed by atoms with E-state index < -0.39 is 34.5 Å². The molecule has 0 saturated heterocycles. The molecular formula is C24H30FN3O6. The third-order valence-electron chi connectivity index (χ3n) is 4.79. The van der Waals surface area contributed by atoms with E-state index >= 15 is 0 Å². The minimum absolute atomic E-state index is 0.101. The number of nitro benzene ring substituents is 1. The van der Waals surface area contributed by atoms with Crippen LogP contribution in [0.4, 0.5) is 15.8 Å². The van der Waals surface area contributed by atoms with E-state index in [4.69, 9.17) is 9.47 Å². The molecule has 34 heavy (non-hydrogen) atoms. The van der Waals surface area contributed by atoms with Gasteiger partial charge in [0.15, 0.2) is 11.5 Å². The molecule has 0 spiro atoms. The summed E-state index contributed by atoms with van der Waals surface area (Å²) >= 11 is 0. The fourth-order valence-electron chi connectivity index (χ4n) is 3.06. The standard InChI is InChI=1S/C24H30FN3O6/c1-5-11-33-20-13-18(19(28(31)32)14-21(20)34-12-6-2)26-24(30)22(15(3)4)27-23(29)16-9-7-8-10-17(16)25/h7-10,13-15,22H,5-6,11-12H2,1-4H3,(H,26,30)(H,27,29)/t22-/m0/s1. The molecule has 0 aliphatic carbocycles. The van der Waals surface area contributed by atoms with Gasteiger partial charge in [-0.25, -0.2) is 4.39 Å². The van der Waals surface area contributed by atoms with Crippen molar-refractivity contribution in [3.8, 4) is 11.5 Å². The van der Waals surface area contributed by atoms with E-state index in [-0.39, 0.29) is 28.4 Å². The number of nitro groups is 1. The smallest absolute Gasteiger partial charge is 0.296 e. The topological polar surface area (TPSA) is 120 Å². The molecule has 10 heteroatoms. The molecule has 0 radical (unpaired) electrons. The second-order valence-electron chi connectivity index (χ2n) is 7.93. The molecule has 0 aliphatic rings. The molecule has 0 fully saturated rings. The largest absolute Gasteiger partial charge is 0.490 e. The van der Waals surface area contributed by atoms with Crippen LogP contribution in [0, 0.1) is 21.8 Å². The number of carbonyl (C=O) groups excluding carboxylic acids is 2. The lowest BCUT2D eigenvalue weighted by molar-refractivity contribution is -0.384. The Morgan fingerprint density at radius 3 is 2.18 bits per heavy atom. The van der Waals surface area contributed by atoms with E-state index in [2.05, 4.69) is 10.6 Å². The van der Waals surface area contributed by atoms with Crippen LogP contribution in [0.25, 0.3) is 0 Å². The molecule has 9 nitrogen and oxygen atoms in total. The van der Waals surface area contributed by atoms with Crippen molar-refractivity contribution in [3.05, 3.63) is 57.9 Å². The first-order chi connectivity index (χ1) is 16.2. The maximum Gasteiger partial charge on any atom is 0.296 e. The van der Waals surface area contributed by atoms with Gasteiger partial charge in [0.05, 0.1) is 29.8 Å². The molecule has 0 aromatic heterocycles. The van der Waals surface area contributed by atoms with Gasteiger partial charge in [-0.05, 0) is 30.9 Å². The van der Waals surface area contributed by atoms with Crippen LogP contribution in [-0.2, 0) is 4.79 Å². The Hall–Kier alpha value is -3.69. The van der Waals surface area contributed by atoms with Gasteiger partial charge in [0.2, 0.25) is 5.91 Å². The van der Waals surface area contributed by atoms with Crippen LogP contribution in [0.3, 0.4) is 0 Å². The molecule has 0 bridgehead atoms. The maximum atomic E-state index is 14.0. The number of amides is 2. The lowest BCUT2D eigenvalue weighted by Gasteiger charge is -2.22. The van der Waals surface area contributed by atoms with Gasteiger partial charge < -0.3 is 20.1 Å². The molecule has 0 aliphatic heterocycles. The Labute approximate surface area is 197 Å². The van der Waals surface area contributed by atoms with Crippen molar-refractivity contribution in [1.82, 2.24) is 5.32 Å². The van der Waals surface area contributed by atoms with Gasteiger partial charge in [-0.15, -0.1) is 0 Å². The van der Waals surface area contributed by atoms with Gasteiger partial charge in [0, 0.05) is 6.07 Å². The van der Waals surface area contributed by atoms with Gasteiger partial charge in [0.25, 0.3) is 11.6 Å². The summed E-state index contributed by atoms with van der Waals surface area (Å²) in [5.74, 6) is -2.11. The molecule has 184 valence electrons. The molecule has 2 rings (SSSR count). The number of halogens is 1. The molecule has 2 aromatic rings. The number of nitrogens with zero attached hydrogens (tertiary/aromatic N) is 1. The summed E-state index contributed by atoms with van der Waals surface area (Å²) in [6.45, 7) is 7.88. The monoisotopic (exact) mass is 475 g/mol. The summed E-state index contributed by atoms with van der Waals surface area (Å²) in [5.41, 5.74) is -0.693. The SMILES string of the molecule is CCCOc1cc(NC(=O)[C@@H](NC(=O)c2ccccc2F)C(C)C)c([N+](=O)[O-])cc1OCCC. The number of anilines is 1. The Morgan fingerprint density at radius 1 is 1.06 bits per heavy atom. The Kier molecular flexibility index (Phi) is 9.78. The highest BCUT2D eigenvalue weighted by molar-refractivity contribution is 6.02. The molecule has 0 heterocycles. The minimum Gasteiger partial charge on any atom is -0.490 e. The highest BCUT2D eigenvalue weighted by Crippen LogP contribution is 2.38. The fraction of sp³-hybridized carbons (Fsp3) is 0.417. The number of nitrogens with one attached hydrogen (secondary N) is 2. The zero-order valence-corrected chi connectivity index (χ0v) is 19.7. The van der Waals surface area contributed by atoms with E-state index in [9.17, 15) is 24.1 Å². The molecule has 1 atom stereocenters. The van der Waals surface area contributed by atoms with Crippen molar-refractivity contribution < 1.29 is 28.4 Å². The van der Waals surface area contributed by atoms with Crippen molar-refractivity contribution in [2.75, 3.05) is 18.5 Å². The number of hydrogen-bond acceptors (Lipinski definition) is 6. The zero-order valence-electron chi connectivity index (χ0n) is 19.7. The normalized spacial score (nSPS) is 11.6. The maximum absolute atomic E-state index is 14.0. The van der Waals surface area contributed by atoms with Gasteiger partial charge in [-0.2, -0.15) is 0 Å². The Bertz CT molecular complexity index is 1030. The summed E-state index contributed by atoms with van der Waals surface area (Å²) in [6, 6.07) is 6.86. The molecule has 2 aromatic carbocycles. The van der Waals surface area contributed by atoms with Crippen LogP contribution in [0.15, 0.2) is 36.4 Å². The highest BCUT2D eigenvalue weighted by atomic mass is 19.1. The first-order valence-corrected chi connectivity index (χ1v) is 11.1. The Balaban J connectivity index is 2.35. The number of ether oxygens (including phenoxy) is 2. The first kappa shape index (κ1) is 26.6. The van der Waals surface area contributed by atoms with Crippen LogP contribution in [0.5, 0.6) is 11.5 Å². The number of rotatable bonds is 12. The first-order valence-electron chi connectivity index (χ1n) is 11.1. The summed E-state index contributed by atoms with van der Waals surface area (Å²) in [4.78, 5) is 36.7. The van der Waals surface area contributed by atoms with Crippen molar-refractivity contribution in [2.24, 2.45) is 5.92 Å². The molecule has 0 unspecified atom stereocenters. The second-order valence-corrected chi connectivity index (χ2v) is 7.93. The summed E-state index contributed by atoms with van der Waals surface area (Å²) in [5, 5.41) is 16.7. The lowest BCUT2D eigenvalue weighted by atomic mass is 10.0. The van der Waals surface area contributed by atoms with Crippen LogP contribution in [0.2, 0.25) is 0 Å². The van der Waals surface area contributed by atoms with Gasteiger partial charge in [-0.1, -0.05) is 39.8 Å². The average Bonchev–Trinajstić information content (AvgIpc) is 2.79. The van der Waals surface area contributed by atoms with Crippen molar-refractivity contribution in [3.63, 3.8) is 0 Å². The summed E-state index contributed by atoms with van der Waals surface area (Å²) in [6.07, 6.45) is 1.39. The Morgan fingerprint density at radius 2 is 1.65 bits per heavy atom. The van der Waals surface area contributed by atoms with Crippen LogP contribution in [0.1, 0.15) is 50.9 Å². The van der Waals surface area contributed by atoms with E-state index in [1.165, 1.54) is 30.3 Å². The molecule has 0 saturated carbocycles. The summed E-state index contributed by atoms with van der Waals surface area (Å²) in [7, 11) is 0. The number of carbonyl (C=O) groups is 2. The van der Waals surface area contributed by atoms with E-state index in [0.29, 0.717) is 26.1 Å². The second kappa shape index (κ2) is 12.5. The van der Waals surface area contributed by atoms with E-state index in [1.807, 2.05) is 13.8 Å². The summed E-state index contributed by atoms with van der Waals surface area (Å²) < 4.78 is 25.3. The fourth-order valence-corrected chi connectivity index (χ4v) is 3.06. The van der Waals surface area contributed by atoms with E-state index in [0.717, 1.165) is 6.07 Å². The molecule has 2 amide bonds. The van der Waals surface area contributed by atoms with Crippen molar-refractivity contribution >= 4 is 23.2 Å². The molecule has 2 N–H and O–H groups in total. The third kappa shape index (κ3) is 6.90. The number of benzene rings is 2. The highest BCUT2D eigenvalue weighted by Gasteiger charge is 2.29. The van der Waals surface area contributed by atoms with Crippen LogP contribution >= 0.6 is 0 Å². The van der Waals surface area contributed by atoms with Gasteiger partial charge >= 0.3 is 0 Å². The van der Waals surface area contributed by atoms with Crippen LogP contribution in [-0.4, -0.2) is 36.0 Å². The predicted octanol–water partition coefficient (Wildman–Crippen LogP) is 4.70. The lowest BCUT2D eigenvalue weighted by Crippen LogP contribution is -2.47. The van der Waals surface area contributed by atoms with Crippen LogP contribution < -0.4 is 20.1 Å². The zero-order chi connectivity index (χ0) is 25.3. The minimum atomic E-state index is -1.08. The third-order valence-corrected chi connectivity index (χ3v) is 4.79. The average molecular weight is 476 g/mol. The van der Waals surface area contributed by atoms with Crippen molar-refractivity contribution in [2.45, 2.75) is 46.6 Å². The quantitative estimate of drug-likeness (QED) is 0.339. The van der Waals surface area contributed by atoms with Gasteiger partial charge in [0.1, 0.15) is 17.5 Å². The van der Waals surface area contributed by atoms with Gasteiger partial charge in [-0.3, -0.25) is 19.7 Å². The van der Waals surface area contributed by atoms with Crippen molar-refractivity contribution in [1.29, 1.82) is 0 Å². The number of hydrogen-bond donors (Lipinski definition) is 2. The predicted molar refractivity (Wildman–Crippen MR) is 126 cm³/mol. The molecular weight excluding hydrogens is 445 g/mol. The van der Waals surface area contributed by atoms with E-state index in [1.54, 1.807) is 13.8 Å².